The minimum Gasteiger partial charge on any atom is -0.480 e. The number of hydrogen-bond acceptors (Lipinski definition) is 5. The molecule has 0 radical (unpaired) electrons. The zero-order valence-electron chi connectivity index (χ0n) is 17.1. The normalized spacial score (nSPS) is 12.2. The molecule has 1 heterocycles. The minimum atomic E-state index is -1.13. The Balaban J connectivity index is 1.73. The van der Waals surface area contributed by atoms with Crippen molar-refractivity contribution in [3.8, 4) is 11.6 Å². The van der Waals surface area contributed by atoms with Crippen LogP contribution in [0.2, 0.25) is 0 Å². The van der Waals surface area contributed by atoms with E-state index in [0.29, 0.717) is 11.6 Å². The Bertz CT molecular complexity index is 1040. The fraction of sp³-hybridized carbons (Fsp3) is 0.261. The van der Waals surface area contributed by atoms with E-state index in [2.05, 4.69) is 10.3 Å². The number of nitrogens with zero attached hydrogens (tertiary/aromatic N) is 1. The van der Waals surface area contributed by atoms with Crippen molar-refractivity contribution in [2.24, 2.45) is 0 Å². The number of carbonyl (C=O) groups excluding carboxylic acids is 1. The molecule has 0 saturated carbocycles. The van der Waals surface area contributed by atoms with E-state index >= 15 is 0 Å². The molecule has 1 aromatic heterocycles. The zero-order valence-corrected chi connectivity index (χ0v) is 17.1. The van der Waals surface area contributed by atoms with E-state index < -0.39 is 23.7 Å². The molecule has 0 aliphatic rings. The van der Waals surface area contributed by atoms with E-state index in [4.69, 9.17) is 9.47 Å². The molecule has 0 aliphatic heterocycles. The Labute approximate surface area is 174 Å². The topological polar surface area (TPSA) is 97.8 Å². The average Bonchev–Trinajstić information content (AvgIpc) is 2.67. The van der Waals surface area contributed by atoms with Crippen LogP contribution < -0.4 is 10.1 Å². The lowest BCUT2D eigenvalue weighted by Gasteiger charge is -2.22. The van der Waals surface area contributed by atoms with Crippen LogP contribution in [-0.4, -0.2) is 33.8 Å². The third kappa shape index (κ3) is 5.94. The van der Waals surface area contributed by atoms with Crippen molar-refractivity contribution in [2.75, 3.05) is 0 Å². The van der Waals surface area contributed by atoms with Gasteiger partial charge in [-0.15, -0.1) is 0 Å². The van der Waals surface area contributed by atoms with Crippen LogP contribution >= 0.6 is 0 Å². The summed E-state index contributed by atoms with van der Waals surface area (Å²) in [6.45, 7) is 5.15. The number of fused-ring (bicyclic) bond motifs is 1. The molecule has 0 bridgehead atoms. The number of nitrogens with one attached hydrogen (secondary N) is 1. The number of aliphatic carboxylic acids is 1. The number of para-hydroxylation sites is 1. The van der Waals surface area contributed by atoms with Gasteiger partial charge in [-0.1, -0.05) is 24.3 Å². The summed E-state index contributed by atoms with van der Waals surface area (Å²) in [4.78, 5) is 28.0. The smallest absolute Gasteiger partial charge is 0.408 e. The molecule has 0 fully saturated rings. The van der Waals surface area contributed by atoms with Gasteiger partial charge in [0.2, 0.25) is 5.88 Å². The van der Waals surface area contributed by atoms with Gasteiger partial charge in [-0.3, -0.25) is 0 Å². The summed E-state index contributed by atoms with van der Waals surface area (Å²) in [5.74, 6) is 0.0284. The van der Waals surface area contributed by atoms with Crippen LogP contribution in [0.5, 0.6) is 11.6 Å². The second kappa shape index (κ2) is 8.82. The highest BCUT2D eigenvalue weighted by atomic mass is 16.6. The Hall–Kier alpha value is -3.61. The summed E-state index contributed by atoms with van der Waals surface area (Å²) in [5.41, 5.74) is 0.769. The first-order chi connectivity index (χ1) is 14.2. The number of amides is 1. The van der Waals surface area contributed by atoms with Gasteiger partial charge >= 0.3 is 12.1 Å². The number of ether oxygens (including phenoxy) is 2. The standard InChI is InChI=1S/C23H24N2O5/c1-23(2,3)30-22(28)25-19(21(26)27)14-15-9-11-18-16(13-15)10-12-20(24-18)29-17-7-5-4-6-8-17/h4-13,19H,14H2,1-3H3,(H,25,28)(H,26,27). The molecule has 3 aromatic rings. The van der Waals surface area contributed by atoms with E-state index in [1.807, 2.05) is 42.5 Å². The highest BCUT2D eigenvalue weighted by molar-refractivity contribution is 5.82. The molecule has 1 unspecified atom stereocenters. The number of aromatic nitrogens is 1. The molecule has 1 atom stereocenters. The first-order valence-corrected chi connectivity index (χ1v) is 9.54. The number of alkyl carbamates (subject to hydrolysis) is 1. The van der Waals surface area contributed by atoms with Crippen molar-refractivity contribution in [2.45, 2.75) is 38.8 Å². The molecule has 7 heteroatoms. The number of carboxylic acid groups (broad SMARTS) is 1. The molecule has 2 aromatic carbocycles. The summed E-state index contributed by atoms with van der Waals surface area (Å²) >= 11 is 0. The molecule has 3 rings (SSSR count). The maximum Gasteiger partial charge on any atom is 0.408 e. The van der Waals surface area contributed by atoms with E-state index in [9.17, 15) is 14.7 Å². The van der Waals surface area contributed by atoms with Gasteiger partial charge in [-0.2, -0.15) is 0 Å². The minimum absolute atomic E-state index is 0.118. The highest BCUT2D eigenvalue weighted by Crippen LogP contribution is 2.23. The molecule has 0 saturated heterocycles. The SMILES string of the molecule is CC(C)(C)OC(=O)NC(Cc1ccc2nc(Oc3ccccc3)ccc2c1)C(=O)O. The molecular formula is C23H24N2O5. The number of benzene rings is 2. The highest BCUT2D eigenvalue weighted by Gasteiger charge is 2.24. The third-order valence-corrected chi connectivity index (χ3v) is 4.12. The fourth-order valence-corrected chi connectivity index (χ4v) is 2.84. The number of carboxylic acids is 1. The second-order valence-electron chi connectivity index (χ2n) is 7.83. The Kier molecular flexibility index (Phi) is 6.20. The third-order valence-electron chi connectivity index (χ3n) is 4.12. The van der Waals surface area contributed by atoms with Crippen molar-refractivity contribution in [3.05, 3.63) is 66.2 Å². The first-order valence-electron chi connectivity index (χ1n) is 9.54. The van der Waals surface area contributed by atoms with Crippen LogP contribution in [0.4, 0.5) is 4.79 Å². The summed E-state index contributed by atoms with van der Waals surface area (Å²) < 4.78 is 10.9. The molecule has 1 amide bonds. The van der Waals surface area contributed by atoms with Crippen LogP contribution in [0.3, 0.4) is 0 Å². The Morgan fingerprint density at radius 2 is 1.80 bits per heavy atom. The lowest BCUT2D eigenvalue weighted by atomic mass is 10.0. The van der Waals surface area contributed by atoms with Gasteiger partial charge in [0.25, 0.3) is 0 Å². The van der Waals surface area contributed by atoms with Crippen LogP contribution in [0.15, 0.2) is 60.7 Å². The molecule has 7 nitrogen and oxygen atoms in total. The van der Waals surface area contributed by atoms with E-state index in [1.54, 1.807) is 39.0 Å². The predicted molar refractivity (Wildman–Crippen MR) is 113 cm³/mol. The Morgan fingerprint density at radius 1 is 1.07 bits per heavy atom. The van der Waals surface area contributed by atoms with Crippen molar-refractivity contribution >= 4 is 23.0 Å². The predicted octanol–water partition coefficient (Wildman–Crippen LogP) is 4.55. The molecule has 2 N–H and O–H groups in total. The van der Waals surface area contributed by atoms with Crippen molar-refractivity contribution in [1.82, 2.24) is 10.3 Å². The summed E-state index contributed by atoms with van der Waals surface area (Å²) in [7, 11) is 0. The maximum atomic E-state index is 11.9. The summed E-state index contributed by atoms with van der Waals surface area (Å²) in [5, 5.41) is 12.7. The van der Waals surface area contributed by atoms with Crippen molar-refractivity contribution in [3.63, 3.8) is 0 Å². The number of hydrogen-bond donors (Lipinski definition) is 2. The number of rotatable bonds is 6. The fourth-order valence-electron chi connectivity index (χ4n) is 2.84. The quantitative estimate of drug-likeness (QED) is 0.621. The number of carbonyl (C=O) groups is 2. The molecule has 30 heavy (non-hydrogen) atoms. The molecule has 0 aliphatic carbocycles. The van der Waals surface area contributed by atoms with E-state index in [0.717, 1.165) is 16.5 Å². The van der Waals surface area contributed by atoms with Gasteiger partial charge in [-0.25, -0.2) is 14.6 Å². The van der Waals surface area contributed by atoms with Crippen LogP contribution in [-0.2, 0) is 16.0 Å². The van der Waals surface area contributed by atoms with Crippen molar-refractivity contribution < 1.29 is 24.2 Å². The lowest BCUT2D eigenvalue weighted by Crippen LogP contribution is -2.44. The van der Waals surface area contributed by atoms with Crippen molar-refractivity contribution in [1.29, 1.82) is 0 Å². The zero-order chi connectivity index (χ0) is 21.7. The van der Waals surface area contributed by atoms with Crippen LogP contribution in [0.1, 0.15) is 26.3 Å². The van der Waals surface area contributed by atoms with Gasteiger partial charge in [0.1, 0.15) is 17.4 Å². The maximum absolute atomic E-state index is 11.9. The molecule has 0 spiro atoms. The van der Waals surface area contributed by atoms with Crippen LogP contribution in [0, 0.1) is 0 Å². The van der Waals surface area contributed by atoms with Crippen LogP contribution in [0.25, 0.3) is 10.9 Å². The lowest BCUT2D eigenvalue weighted by molar-refractivity contribution is -0.139. The van der Waals surface area contributed by atoms with Gasteiger partial charge in [0.15, 0.2) is 0 Å². The Morgan fingerprint density at radius 3 is 2.47 bits per heavy atom. The van der Waals surface area contributed by atoms with Gasteiger partial charge in [0.05, 0.1) is 5.52 Å². The largest absolute Gasteiger partial charge is 0.480 e. The number of pyridine rings is 1. The molecular weight excluding hydrogens is 384 g/mol. The summed E-state index contributed by atoms with van der Waals surface area (Å²) in [6.07, 6.45) is -0.646. The second-order valence-corrected chi connectivity index (χ2v) is 7.83. The summed E-state index contributed by atoms with van der Waals surface area (Å²) in [6, 6.07) is 17.3. The van der Waals surface area contributed by atoms with Gasteiger partial charge in [0, 0.05) is 17.9 Å². The monoisotopic (exact) mass is 408 g/mol. The van der Waals surface area contributed by atoms with Gasteiger partial charge < -0.3 is 19.9 Å². The van der Waals surface area contributed by atoms with E-state index in [1.165, 1.54) is 0 Å². The average molecular weight is 408 g/mol. The van der Waals surface area contributed by atoms with Gasteiger partial charge in [-0.05, 0) is 56.7 Å². The van der Waals surface area contributed by atoms with E-state index in [-0.39, 0.29) is 6.42 Å². The first kappa shape index (κ1) is 21.1. The molecule has 156 valence electrons.